The first-order chi connectivity index (χ1) is 10.1. The Morgan fingerprint density at radius 3 is 2.59 bits per heavy atom. The van der Waals surface area contributed by atoms with E-state index in [0.29, 0.717) is 13.0 Å². The Kier molecular flexibility index (Phi) is 6.04. The monoisotopic (exact) mass is 320 g/mol. The van der Waals surface area contributed by atoms with Crippen LogP contribution in [0, 0.1) is 5.41 Å². The third-order valence-electron chi connectivity index (χ3n) is 2.84. The van der Waals surface area contributed by atoms with Crippen LogP contribution in [0.2, 0.25) is 0 Å². The first-order valence-electron chi connectivity index (χ1n) is 6.63. The van der Waals surface area contributed by atoms with E-state index in [1.165, 1.54) is 12.1 Å². The number of anilines is 1. The van der Waals surface area contributed by atoms with Crippen molar-refractivity contribution in [2.24, 2.45) is 5.41 Å². The van der Waals surface area contributed by atoms with Gasteiger partial charge in [-0.25, -0.2) is 4.79 Å². The quantitative estimate of drug-likeness (QED) is 0.754. The van der Waals surface area contributed by atoms with Crippen molar-refractivity contribution in [1.82, 2.24) is 5.32 Å². The summed E-state index contributed by atoms with van der Waals surface area (Å²) in [6.07, 6.45) is -4.27. The number of hydrogen-bond donors (Lipinski definition) is 3. The second-order valence-electron chi connectivity index (χ2n) is 5.52. The Labute approximate surface area is 126 Å². The molecule has 8 heteroatoms. The molecule has 1 aromatic carbocycles. The Bertz CT molecular complexity index is 504. The van der Waals surface area contributed by atoms with Gasteiger partial charge in [0.15, 0.2) is 0 Å². The normalized spacial score (nSPS) is 11.9. The molecule has 0 radical (unpaired) electrons. The largest absolute Gasteiger partial charge is 0.573 e. The van der Waals surface area contributed by atoms with Gasteiger partial charge in [-0.2, -0.15) is 0 Å². The van der Waals surface area contributed by atoms with Crippen LogP contribution in [0.4, 0.5) is 23.7 Å². The molecule has 1 rings (SSSR count). The number of hydrogen-bond acceptors (Lipinski definition) is 3. The van der Waals surface area contributed by atoms with Crippen molar-refractivity contribution in [3.63, 3.8) is 0 Å². The molecule has 124 valence electrons. The number of urea groups is 1. The number of halogens is 3. The zero-order valence-electron chi connectivity index (χ0n) is 12.3. The van der Waals surface area contributed by atoms with Crippen LogP contribution < -0.4 is 15.4 Å². The molecule has 5 nitrogen and oxygen atoms in total. The molecule has 0 saturated carbocycles. The van der Waals surface area contributed by atoms with Crippen LogP contribution in [0.3, 0.4) is 0 Å². The Hall–Kier alpha value is -1.96. The van der Waals surface area contributed by atoms with Crippen LogP contribution in [0.25, 0.3) is 0 Å². The molecule has 0 heterocycles. The van der Waals surface area contributed by atoms with Crippen LogP contribution >= 0.6 is 0 Å². The van der Waals surface area contributed by atoms with Crippen molar-refractivity contribution in [2.75, 3.05) is 18.5 Å². The number of aliphatic hydroxyl groups is 1. The highest BCUT2D eigenvalue weighted by Gasteiger charge is 2.31. The molecule has 0 aliphatic rings. The van der Waals surface area contributed by atoms with Crippen molar-refractivity contribution < 1.29 is 27.8 Å². The molecular formula is C14H19F3N2O3. The average Bonchev–Trinajstić information content (AvgIpc) is 2.35. The number of ether oxygens (including phenoxy) is 1. The summed E-state index contributed by atoms with van der Waals surface area (Å²) in [7, 11) is 0. The maximum absolute atomic E-state index is 12.1. The minimum atomic E-state index is -4.78. The van der Waals surface area contributed by atoms with Crippen molar-refractivity contribution >= 4 is 11.7 Å². The maximum atomic E-state index is 12.1. The summed E-state index contributed by atoms with van der Waals surface area (Å²) in [6.45, 7) is 4.08. The van der Waals surface area contributed by atoms with Crippen molar-refractivity contribution in [3.8, 4) is 5.75 Å². The number of nitrogens with one attached hydrogen (secondary N) is 2. The second kappa shape index (κ2) is 7.35. The number of rotatable bonds is 6. The first kappa shape index (κ1) is 18.1. The molecule has 3 N–H and O–H groups in total. The van der Waals surface area contributed by atoms with Crippen molar-refractivity contribution in [1.29, 1.82) is 0 Å². The number of benzene rings is 1. The van der Waals surface area contributed by atoms with E-state index in [-0.39, 0.29) is 17.7 Å². The van der Waals surface area contributed by atoms with Gasteiger partial charge in [0.25, 0.3) is 0 Å². The van der Waals surface area contributed by atoms with Crippen molar-refractivity contribution in [3.05, 3.63) is 24.3 Å². The Balaban J connectivity index is 2.56. The van der Waals surface area contributed by atoms with Gasteiger partial charge in [0.05, 0.1) is 0 Å². The number of carbonyl (C=O) groups excluding carboxylic acids is 1. The zero-order chi connectivity index (χ0) is 16.8. The lowest BCUT2D eigenvalue weighted by Crippen LogP contribution is -2.37. The highest BCUT2D eigenvalue weighted by Crippen LogP contribution is 2.25. The summed E-state index contributed by atoms with van der Waals surface area (Å²) >= 11 is 0. The fraction of sp³-hybridized carbons (Fsp3) is 0.500. The summed E-state index contributed by atoms with van der Waals surface area (Å²) in [6, 6.07) is 4.45. The smallest absolute Gasteiger partial charge is 0.406 e. The first-order valence-corrected chi connectivity index (χ1v) is 6.63. The molecule has 0 spiro atoms. The molecule has 0 unspecified atom stereocenters. The van der Waals surface area contributed by atoms with Gasteiger partial charge in [0, 0.05) is 24.9 Å². The zero-order valence-corrected chi connectivity index (χ0v) is 12.3. The van der Waals surface area contributed by atoms with Gasteiger partial charge in [-0.3, -0.25) is 0 Å². The van der Waals surface area contributed by atoms with Crippen LogP contribution in [0.1, 0.15) is 20.3 Å². The summed E-state index contributed by atoms with van der Waals surface area (Å²) in [4.78, 5) is 11.7. The number of aliphatic hydroxyl groups excluding tert-OH is 1. The molecular weight excluding hydrogens is 301 g/mol. The lowest BCUT2D eigenvalue weighted by Gasteiger charge is -2.23. The van der Waals surface area contributed by atoms with Gasteiger partial charge >= 0.3 is 12.4 Å². The molecule has 0 aromatic heterocycles. The standard InChI is InChI=1S/C14H19F3N2O3/c1-13(2,6-7-20)9-18-12(21)19-10-4-3-5-11(8-10)22-14(15,16)17/h3-5,8,20H,6-7,9H2,1-2H3,(H2,18,19,21). The predicted molar refractivity (Wildman–Crippen MR) is 75.6 cm³/mol. The minimum absolute atomic E-state index is 0.00707. The minimum Gasteiger partial charge on any atom is -0.406 e. The molecule has 0 aliphatic carbocycles. The van der Waals surface area contributed by atoms with E-state index >= 15 is 0 Å². The summed E-state index contributed by atoms with van der Waals surface area (Å²) in [5.41, 5.74) is -0.105. The van der Waals surface area contributed by atoms with Crippen LogP contribution in [0.15, 0.2) is 24.3 Å². The van der Waals surface area contributed by atoms with Gasteiger partial charge in [0.1, 0.15) is 5.75 Å². The predicted octanol–water partition coefficient (Wildman–Crippen LogP) is 3.12. The molecule has 0 fully saturated rings. The number of carbonyl (C=O) groups is 1. The molecule has 0 aliphatic heterocycles. The summed E-state index contributed by atoms with van der Waals surface area (Å²) in [5.74, 6) is -0.411. The Morgan fingerprint density at radius 2 is 2.00 bits per heavy atom. The number of alkyl halides is 3. The van der Waals surface area contributed by atoms with Crippen LogP contribution in [-0.2, 0) is 0 Å². The topological polar surface area (TPSA) is 70.6 Å². The third-order valence-corrected chi connectivity index (χ3v) is 2.84. The fourth-order valence-electron chi connectivity index (χ4n) is 1.66. The van der Waals surface area contributed by atoms with Crippen LogP contribution in [-0.4, -0.2) is 30.7 Å². The third kappa shape index (κ3) is 7.16. The van der Waals surface area contributed by atoms with E-state index in [2.05, 4.69) is 15.4 Å². The van der Waals surface area contributed by atoms with Gasteiger partial charge in [-0.15, -0.1) is 13.2 Å². The lowest BCUT2D eigenvalue weighted by molar-refractivity contribution is -0.274. The highest BCUT2D eigenvalue weighted by molar-refractivity contribution is 5.89. The summed E-state index contributed by atoms with van der Waals surface area (Å²) < 4.78 is 40.1. The van der Waals surface area contributed by atoms with E-state index in [1.807, 2.05) is 13.8 Å². The summed E-state index contributed by atoms with van der Waals surface area (Å²) in [5, 5.41) is 13.9. The molecule has 0 bridgehead atoms. The maximum Gasteiger partial charge on any atom is 0.573 e. The average molecular weight is 320 g/mol. The Morgan fingerprint density at radius 1 is 1.32 bits per heavy atom. The molecule has 22 heavy (non-hydrogen) atoms. The SMILES string of the molecule is CC(C)(CCO)CNC(=O)Nc1cccc(OC(F)(F)F)c1. The lowest BCUT2D eigenvalue weighted by atomic mass is 9.90. The van der Waals surface area contributed by atoms with Crippen LogP contribution in [0.5, 0.6) is 5.75 Å². The van der Waals surface area contributed by atoms with Gasteiger partial charge in [-0.1, -0.05) is 19.9 Å². The van der Waals surface area contributed by atoms with Gasteiger partial charge in [0.2, 0.25) is 0 Å². The van der Waals surface area contributed by atoms with E-state index in [0.717, 1.165) is 12.1 Å². The van der Waals surface area contributed by atoms with Gasteiger partial charge in [-0.05, 0) is 24.0 Å². The molecule has 2 amide bonds. The number of amides is 2. The van der Waals surface area contributed by atoms with E-state index in [1.54, 1.807) is 0 Å². The van der Waals surface area contributed by atoms with E-state index < -0.39 is 18.1 Å². The fourth-order valence-corrected chi connectivity index (χ4v) is 1.66. The van der Waals surface area contributed by atoms with Gasteiger partial charge < -0.3 is 20.5 Å². The highest BCUT2D eigenvalue weighted by atomic mass is 19.4. The molecule has 1 aromatic rings. The molecule has 0 atom stereocenters. The second-order valence-corrected chi connectivity index (χ2v) is 5.52. The van der Waals surface area contributed by atoms with Crippen molar-refractivity contribution in [2.45, 2.75) is 26.6 Å². The van der Waals surface area contributed by atoms with E-state index in [9.17, 15) is 18.0 Å². The molecule has 0 saturated heterocycles. The van der Waals surface area contributed by atoms with E-state index in [4.69, 9.17) is 5.11 Å².